The molecule has 78 valence electrons. The zero-order valence-electron chi connectivity index (χ0n) is 9.77. The van der Waals surface area contributed by atoms with Crippen LogP contribution in [0.2, 0.25) is 0 Å². The summed E-state index contributed by atoms with van der Waals surface area (Å²) in [6, 6.07) is 0. The van der Waals surface area contributed by atoms with E-state index in [4.69, 9.17) is 0 Å². The van der Waals surface area contributed by atoms with Gasteiger partial charge in [-0.05, 0) is 37.8 Å². The van der Waals surface area contributed by atoms with Gasteiger partial charge in [-0.25, -0.2) is 0 Å². The summed E-state index contributed by atoms with van der Waals surface area (Å²) in [6.45, 7) is 9.79. The lowest BCUT2D eigenvalue weighted by molar-refractivity contribution is 0.153. The summed E-state index contributed by atoms with van der Waals surface area (Å²) in [6.07, 6.45) is 5.57. The Kier molecular flexibility index (Phi) is 3.78. The van der Waals surface area contributed by atoms with Gasteiger partial charge in [-0.3, -0.25) is 0 Å². The Morgan fingerprint density at radius 1 is 1.31 bits per heavy atom. The van der Waals surface area contributed by atoms with Crippen molar-refractivity contribution in [3.8, 4) is 0 Å². The predicted octanol–water partition coefficient (Wildman–Crippen LogP) is 3.15. The third-order valence-electron chi connectivity index (χ3n) is 3.89. The molecule has 1 fully saturated rings. The second kappa shape index (κ2) is 4.45. The molecule has 1 saturated heterocycles. The summed E-state index contributed by atoms with van der Waals surface area (Å²) in [5.74, 6) is 0.907. The third-order valence-corrected chi connectivity index (χ3v) is 3.89. The summed E-state index contributed by atoms with van der Waals surface area (Å²) in [7, 11) is 2.27. The van der Waals surface area contributed by atoms with Crippen molar-refractivity contribution >= 4 is 0 Å². The molecule has 0 radical (unpaired) electrons. The normalized spacial score (nSPS) is 27.2. The van der Waals surface area contributed by atoms with Crippen LogP contribution in [0.25, 0.3) is 0 Å². The van der Waals surface area contributed by atoms with E-state index in [2.05, 4.69) is 32.7 Å². The SMILES string of the molecule is CCC(C)(C)C1CCCCN(C)C1. The van der Waals surface area contributed by atoms with Crippen molar-refractivity contribution in [2.24, 2.45) is 11.3 Å². The fraction of sp³-hybridized carbons (Fsp3) is 1.00. The molecule has 1 nitrogen and oxygen atoms in total. The van der Waals surface area contributed by atoms with Crippen LogP contribution < -0.4 is 0 Å². The van der Waals surface area contributed by atoms with Crippen molar-refractivity contribution in [1.82, 2.24) is 4.90 Å². The van der Waals surface area contributed by atoms with Gasteiger partial charge in [0, 0.05) is 6.54 Å². The smallest absolute Gasteiger partial charge is 0.00117 e. The van der Waals surface area contributed by atoms with Gasteiger partial charge >= 0.3 is 0 Å². The molecule has 0 N–H and O–H groups in total. The van der Waals surface area contributed by atoms with Crippen molar-refractivity contribution < 1.29 is 0 Å². The van der Waals surface area contributed by atoms with E-state index < -0.39 is 0 Å². The zero-order chi connectivity index (χ0) is 9.90. The maximum Gasteiger partial charge on any atom is 0.00117 e. The first-order chi connectivity index (χ1) is 6.06. The van der Waals surface area contributed by atoms with Crippen LogP contribution in [0.4, 0.5) is 0 Å². The second-order valence-corrected chi connectivity index (χ2v) is 5.30. The molecule has 1 atom stereocenters. The molecule has 0 aromatic carbocycles. The van der Waals surface area contributed by atoms with Gasteiger partial charge in [0.1, 0.15) is 0 Å². The molecule has 1 heteroatoms. The van der Waals surface area contributed by atoms with Crippen LogP contribution in [-0.4, -0.2) is 25.0 Å². The fourth-order valence-corrected chi connectivity index (χ4v) is 2.26. The maximum atomic E-state index is 2.51. The minimum Gasteiger partial charge on any atom is -0.306 e. The number of nitrogens with zero attached hydrogens (tertiary/aromatic N) is 1. The van der Waals surface area contributed by atoms with Crippen LogP contribution in [0, 0.1) is 11.3 Å². The summed E-state index contributed by atoms with van der Waals surface area (Å²) in [5.41, 5.74) is 0.540. The Labute approximate surface area is 83.5 Å². The minimum absolute atomic E-state index is 0.540. The fourth-order valence-electron chi connectivity index (χ4n) is 2.26. The van der Waals surface area contributed by atoms with Gasteiger partial charge in [0.25, 0.3) is 0 Å². The van der Waals surface area contributed by atoms with Crippen LogP contribution >= 0.6 is 0 Å². The zero-order valence-corrected chi connectivity index (χ0v) is 9.77. The summed E-state index contributed by atoms with van der Waals surface area (Å²) >= 11 is 0. The van der Waals surface area contributed by atoms with E-state index in [9.17, 15) is 0 Å². The molecule has 1 unspecified atom stereocenters. The molecule has 13 heavy (non-hydrogen) atoms. The first kappa shape index (κ1) is 11.0. The van der Waals surface area contributed by atoms with Crippen LogP contribution in [0.3, 0.4) is 0 Å². The average Bonchev–Trinajstić information content (AvgIpc) is 2.30. The lowest BCUT2D eigenvalue weighted by atomic mass is 9.74. The van der Waals surface area contributed by atoms with Crippen LogP contribution in [-0.2, 0) is 0 Å². The number of rotatable bonds is 2. The lowest BCUT2D eigenvalue weighted by Crippen LogP contribution is -2.32. The molecule has 0 spiro atoms. The highest BCUT2D eigenvalue weighted by Crippen LogP contribution is 2.35. The van der Waals surface area contributed by atoms with Gasteiger partial charge in [0.2, 0.25) is 0 Å². The van der Waals surface area contributed by atoms with Gasteiger partial charge in [-0.15, -0.1) is 0 Å². The predicted molar refractivity (Wildman–Crippen MR) is 58.9 cm³/mol. The first-order valence-corrected chi connectivity index (χ1v) is 5.75. The van der Waals surface area contributed by atoms with Crippen molar-refractivity contribution in [3.63, 3.8) is 0 Å². The molecular weight excluding hydrogens is 158 g/mol. The molecular formula is C12H25N. The molecule has 1 heterocycles. The number of hydrogen-bond acceptors (Lipinski definition) is 1. The first-order valence-electron chi connectivity index (χ1n) is 5.75. The molecule has 1 aliphatic rings. The lowest BCUT2D eigenvalue weighted by Gasteiger charge is -2.34. The summed E-state index contributed by atoms with van der Waals surface area (Å²) < 4.78 is 0. The van der Waals surface area contributed by atoms with E-state index in [0.717, 1.165) is 5.92 Å². The average molecular weight is 183 g/mol. The Morgan fingerprint density at radius 3 is 2.62 bits per heavy atom. The van der Waals surface area contributed by atoms with E-state index in [-0.39, 0.29) is 0 Å². The highest BCUT2D eigenvalue weighted by molar-refractivity contribution is 4.81. The standard InChI is InChI=1S/C12H25N/c1-5-12(2,3)11-8-6-7-9-13(4)10-11/h11H,5-10H2,1-4H3. The number of hydrogen-bond donors (Lipinski definition) is 0. The van der Waals surface area contributed by atoms with Crippen LogP contribution in [0.5, 0.6) is 0 Å². The van der Waals surface area contributed by atoms with Gasteiger partial charge in [0.15, 0.2) is 0 Å². The molecule has 1 aliphatic heterocycles. The minimum atomic E-state index is 0.540. The second-order valence-electron chi connectivity index (χ2n) is 5.30. The Bertz CT molecular complexity index is 151. The Hall–Kier alpha value is -0.0400. The summed E-state index contributed by atoms with van der Waals surface area (Å²) in [5, 5.41) is 0. The molecule has 0 aliphatic carbocycles. The highest BCUT2D eigenvalue weighted by Gasteiger charge is 2.29. The van der Waals surface area contributed by atoms with Crippen molar-refractivity contribution in [3.05, 3.63) is 0 Å². The van der Waals surface area contributed by atoms with E-state index in [1.54, 1.807) is 0 Å². The van der Waals surface area contributed by atoms with Crippen molar-refractivity contribution in [1.29, 1.82) is 0 Å². The van der Waals surface area contributed by atoms with E-state index in [1.807, 2.05) is 0 Å². The molecule has 0 bridgehead atoms. The van der Waals surface area contributed by atoms with Gasteiger partial charge < -0.3 is 4.90 Å². The molecule has 0 saturated carbocycles. The molecule has 1 rings (SSSR count). The van der Waals surface area contributed by atoms with Crippen molar-refractivity contribution in [2.45, 2.75) is 46.5 Å². The Balaban J connectivity index is 2.56. The maximum absolute atomic E-state index is 2.51. The molecule has 0 aromatic heterocycles. The van der Waals surface area contributed by atoms with Crippen LogP contribution in [0.1, 0.15) is 46.5 Å². The topological polar surface area (TPSA) is 3.24 Å². The van der Waals surface area contributed by atoms with Crippen molar-refractivity contribution in [2.75, 3.05) is 20.1 Å². The largest absolute Gasteiger partial charge is 0.306 e. The monoisotopic (exact) mass is 183 g/mol. The molecule has 0 aromatic rings. The number of likely N-dealkylation sites (tertiary alicyclic amines) is 1. The quantitative estimate of drug-likeness (QED) is 0.635. The van der Waals surface area contributed by atoms with E-state index in [0.29, 0.717) is 5.41 Å². The van der Waals surface area contributed by atoms with Gasteiger partial charge in [0.05, 0.1) is 0 Å². The van der Waals surface area contributed by atoms with E-state index in [1.165, 1.54) is 38.8 Å². The van der Waals surface area contributed by atoms with Gasteiger partial charge in [-0.1, -0.05) is 33.6 Å². The molecule has 0 amide bonds. The highest BCUT2D eigenvalue weighted by atomic mass is 15.1. The van der Waals surface area contributed by atoms with Gasteiger partial charge in [-0.2, -0.15) is 0 Å². The van der Waals surface area contributed by atoms with E-state index >= 15 is 0 Å². The van der Waals surface area contributed by atoms with Crippen LogP contribution in [0.15, 0.2) is 0 Å². The third kappa shape index (κ3) is 2.98. The summed E-state index contributed by atoms with van der Waals surface area (Å²) in [4.78, 5) is 2.51. The Morgan fingerprint density at radius 2 is 2.00 bits per heavy atom.